The fourth-order valence-electron chi connectivity index (χ4n) is 7.21. The first-order chi connectivity index (χ1) is 28.5. The Morgan fingerprint density at radius 3 is 1.50 bits per heavy atom. The molecule has 3 atom stereocenters. The molecule has 0 bridgehead atoms. The normalized spacial score (nSPS) is 13.8. The van der Waals surface area contributed by atoms with Crippen LogP contribution in [-0.2, 0) is 14.3 Å². The van der Waals surface area contributed by atoms with Gasteiger partial charge in [-0.05, 0) is 64.2 Å². The van der Waals surface area contributed by atoms with Gasteiger partial charge in [-0.15, -0.1) is 0 Å². The third-order valence-corrected chi connectivity index (χ3v) is 10.9. The minimum atomic E-state index is -0.801. The van der Waals surface area contributed by atoms with Gasteiger partial charge in [0, 0.05) is 6.42 Å². The number of hydrogen-bond donors (Lipinski definition) is 3. The van der Waals surface area contributed by atoms with Gasteiger partial charge in [0.1, 0.15) is 6.10 Å². The number of nitrogens with one attached hydrogen (secondary N) is 1. The lowest BCUT2D eigenvalue weighted by atomic mass is 10.0. The number of aliphatic hydroxyl groups excluding tert-OH is 2. The Hall–Kier alpha value is -2.44. The van der Waals surface area contributed by atoms with Crippen LogP contribution in [0.2, 0.25) is 0 Å². The fraction of sp³-hybridized carbons (Fsp3) is 0.769. The summed E-state index contributed by atoms with van der Waals surface area (Å²) < 4.78 is 5.88. The number of amides is 1. The maximum Gasteiger partial charge on any atom is 0.306 e. The van der Waals surface area contributed by atoms with E-state index in [0.717, 1.165) is 70.6 Å². The number of unbranched alkanes of at least 4 members (excludes halogenated alkanes) is 24. The van der Waals surface area contributed by atoms with Crippen molar-refractivity contribution < 1.29 is 24.5 Å². The summed E-state index contributed by atoms with van der Waals surface area (Å²) in [5, 5.41) is 23.7. The summed E-state index contributed by atoms with van der Waals surface area (Å²) in [6, 6.07) is -0.718. The van der Waals surface area contributed by atoms with Crippen molar-refractivity contribution in [2.45, 2.75) is 251 Å². The average molecular weight is 812 g/mol. The molecule has 0 aliphatic heterocycles. The topological polar surface area (TPSA) is 95.9 Å². The molecule has 0 fully saturated rings. The molecular formula is C52H93NO5. The van der Waals surface area contributed by atoms with Gasteiger partial charge in [0.15, 0.2) is 0 Å². The van der Waals surface area contributed by atoms with E-state index in [1.807, 2.05) is 30.4 Å². The Bertz CT molecular complexity index is 1050. The molecule has 58 heavy (non-hydrogen) atoms. The van der Waals surface area contributed by atoms with E-state index in [4.69, 9.17) is 4.74 Å². The summed E-state index contributed by atoms with van der Waals surface area (Å²) in [7, 11) is 0. The van der Waals surface area contributed by atoms with Crippen LogP contribution in [0.1, 0.15) is 233 Å². The molecule has 3 N–H and O–H groups in total. The maximum atomic E-state index is 13.2. The van der Waals surface area contributed by atoms with Crippen LogP contribution in [0.5, 0.6) is 0 Å². The molecule has 3 unspecified atom stereocenters. The van der Waals surface area contributed by atoms with Crippen molar-refractivity contribution in [3.05, 3.63) is 60.8 Å². The Labute approximate surface area is 358 Å². The summed E-state index contributed by atoms with van der Waals surface area (Å²) >= 11 is 0. The first-order valence-electron chi connectivity index (χ1n) is 24.6. The first-order valence-corrected chi connectivity index (χ1v) is 24.6. The van der Waals surface area contributed by atoms with E-state index < -0.39 is 18.2 Å². The van der Waals surface area contributed by atoms with Crippen molar-refractivity contribution in [3.63, 3.8) is 0 Å². The second kappa shape index (κ2) is 45.6. The second-order valence-corrected chi connectivity index (χ2v) is 16.6. The third kappa shape index (κ3) is 40.3. The summed E-state index contributed by atoms with van der Waals surface area (Å²) in [6.45, 7) is 6.32. The summed E-state index contributed by atoms with van der Waals surface area (Å²) in [5.41, 5.74) is 0. The monoisotopic (exact) mass is 812 g/mol. The highest BCUT2D eigenvalue weighted by atomic mass is 16.5. The van der Waals surface area contributed by atoms with Crippen molar-refractivity contribution in [2.75, 3.05) is 6.61 Å². The number of rotatable bonds is 43. The fourth-order valence-corrected chi connectivity index (χ4v) is 7.21. The number of hydrogen-bond acceptors (Lipinski definition) is 5. The van der Waals surface area contributed by atoms with Crippen LogP contribution in [-0.4, -0.2) is 46.9 Å². The van der Waals surface area contributed by atoms with Gasteiger partial charge in [-0.2, -0.15) is 0 Å². The number of allylic oxidation sites excluding steroid dienone is 10. The van der Waals surface area contributed by atoms with Crippen LogP contribution in [0, 0.1) is 0 Å². The van der Waals surface area contributed by atoms with E-state index in [1.165, 1.54) is 116 Å². The molecule has 0 aliphatic carbocycles. The molecule has 336 valence electrons. The SMILES string of the molecule is CC/C=C/C=C/C=C\C=C/CCCCCC(=O)OC(CCC/C=C\CCCCCCCCC)CC(=O)NC(CO)C(O)CCCCCCCCCCCCCCCC. The lowest BCUT2D eigenvalue weighted by Crippen LogP contribution is -2.46. The molecule has 0 radical (unpaired) electrons. The minimum Gasteiger partial charge on any atom is -0.462 e. The predicted octanol–water partition coefficient (Wildman–Crippen LogP) is 14.5. The quantitative estimate of drug-likeness (QED) is 0.0247. The number of ether oxygens (including phenoxy) is 1. The van der Waals surface area contributed by atoms with Crippen LogP contribution < -0.4 is 5.32 Å². The molecule has 0 aromatic heterocycles. The highest BCUT2D eigenvalue weighted by Gasteiger charge is 2.24. The van der Waals surface area contributed by atoms with Gasteiger partial charge in [-0.1, -0.05) is 216 Å². The summed E-state index contributed by atoms with van der Waals surface area (Å²) in [6.07, 6.45) is 55.7. The molecule has 0 saturated heterocycles. The Morgan fingerprint density at radius 1 is 0.517 bits per heavy atom. The Morgan fingerprint density at radius 2 is 0.966 bits per heavy atom. The average Bonchev–Trinajstić information content (AvgIpc) is 3.22. The van der Waals surface area contributed by atoms with E-state index >= 15 is 0 Å². The lowest BCUT2D eigenvalue weighted by molar-refractivity contribution is -0.151. The highest BCUT2D eigenvalue weighted by Crippen LogP contribution is 2.17. The van der Waals surface area contributed by atoms with Gasteiger partial charge in [-0.25, -0.2) is 0 Å². The molecule has 6 heteroatoms. The Kier molecular flexibility index (Phi) is 43.7. The molecule has 0 spiro atoms. The number of carbonyl (C=O) groups excluding carboxylic acids is 2. The zero-order valence-electron chi connectivity index (χ0n) is 38.2. The molecule has 0 saturated carbocycles. The van der Waals surface area contributed by atoms with Crippen LogP contribution in [0.15, 0.2) is 60.8 Å². The zero-order valence-corrected chi connectivity index (χ0v) is 38.2. The van der Waals surface area contributed by atoms with Crippen molar-refractivity contribution in [1.29, 1.82) is 0 Å². The molecule has 6 nitrogen and oxygen atoms in total. The van der Waals surface area contributed by atoms with E-state index in [1.54, 1.807) is 0 Å². The molecular weight excluding hydrogens is 719 g/mol. The molecule has 0 aliphatic rings. The number of carbonyl (C=O) groups is 2. The van der Waals surface area contributed by atoms with Gasteiger partial charge in [-0.3, -0.25) is 9.59 Å². The molecule has 0 rings (SSSR count). The minimum absolute atomic E-state index is 0.0396. The Balaban J connectivity index is 4.65. The van der Waals surface area contributed by atoms with Crippen LogP contribution in [0.25, 0.3) is 0 Å². The maximum absolute atomic E-state index is 13.2. The second-order valence-electron chi connectivity index (χ2n) is 16.6. The van der Waals surface area contributed by atoms with E-state index in [9.17, 15) is 19.8 Å². The predicted molar refractivity (Wildman–Crippen MR) is 250 cm³/mol. The van der Waals surface area contributed by atoms with E-state index in [2.05, 4.69) is 56.5 Å². The zero-order chi connectivity index (χ0) is 42.4. The van der Waals surface area contributed by atoms with Crippen LogP contribution in [0.4, 0.5) is 0 Å². The van der Waals surface area contributed by atoms with Gasteiger partial charge in [0.25, 0.3) is 0 Å². The largest absolute Gasteiger partial charge is 0.462 e. The van der Waals surface area contributed by atoms with Gasteiger partial charge in [0.2, 0.25) is 5.91 Å². The number of esters is 1. The molecule has 0 aromatic carbocycles. The van der Waals surface area contributed by atoms with Crippen molar-refractivity contribution in [2.24, 2.45) is 0 Å². The van der Waals surface area contributed by atoms with Crippen molar-refractivity contribution in [3.8, 4) is 0 Å². The number of aliphatic hydroxyl groups is 2. The van der Waals surface area contributed by atoms with Crippen molar-refractivity contribution >= 4 is 11.9 Å². The van der Waals surface area contributed by atoms with Gasteiger partial charge in [0.05, 0.1) is 25.2 Å². The summed E-state index contributed by atoms with van der Waals surface area (Å²) in [4.78, 5) is 26.0. The lowest BCUT2D eigenvalue weighted by Gasteiger charge is -2.24. The molecule has 1 amide bonds. The van der Waals surface area contributed by atoms with E-state index in [-0.39, 0.29) is 24.9 Å². The van der Waals surface area contributed by atoms with Crippen LogP contribution >= 0.6 is 0 Å². The van der Waals surface area contributed by atoms with Gasteiger partial charge < -0.3 is 20.3 Å². The van der Waals surface area contributed by atoms with E-state index in [0.29, 0.717) is 19.3 Å². The first kappa shape index (κ1) is 55.6. The standard InChI is InChI=1S/C52H93NO5/c1-4-7-10-13-16-19-22-25-27-29-32-35-38-41-44-50(55)49(47-54)53-51(56)46-48(43-40-37-34-31-28-24-21-18-15-12-9-6-3)58-52(57)45-42-39-36-33-30-26-23-20-17-14-11-8-5-2/h8,11,14,17,20,23,26,30-31,34,48-50,54-55H,4-7,9-10,12-13,15-16,18-19,21-22,24-25,27-29,32-33,35-47H2,1-3H3,(H,53,56)/b11-8+,17-14+,23-20-,30-26-,34-31-. The smallest absolute Gasteiger partial charge is 0.306 e. The highest BCUT2D eigenvalue weighted by molar-refractivity contribution is 5.77. The van der Waals surface area contributed by atoms with Gasteiger partial charge >= 0.3 is 5.97 Å². The summed E-state index contributed by atoms with van der Waals surface area (Å²) in [5.74, 6) is -0.550. The third-order valence-electron chi connectivity index (χ3n) is 10.9. The molecule has 0 aromatic rings. The van der Waals surface area contributed by atoms with Crippen LogP contribution in [0.3, 0.4) is 0 Å². The van der Waals surface area contributed by atoms with Crippen molar-refractivity contribution in [1.82, 2.24) is 5.32 Å². The molecule has 0 heterocycles.